The van der Waals surface area contributed by atoms with E-state index < -0.39 is 0 Å². The van der Waals surface area contributed by atoms with Crippen LogP contribution in [0.1, 0.15) is 5.76 Å². The highest BCUT2D eigenvalue weighted by molar-refractivity contribution is 6.35. The molecule has 2 nitrogen and oxygen atoms in total. The SMILES string of the molecule is NCc1cc2cc(F)cc(-c3cc(Cl)cc(Cl)c3)c2o1. The van der Waals surface area contributed by atoms with Crippen LogP contribution in [0.2, 0.25) is 10.0 Å². The van der Waals surface area contributed by atoms with Crippen LogP contribution in [0.5, 0.6) is 0 Å². The van der Waals surface area contributed by atoms with Crippen molar-refractivity contribution in [2.75, 3.05) is 0 Å². The molecule has 0 bridgehead atoms. The zero-order valence-corrected chi connectivity index (χ0v) is 11.8. The molecule has 3 aromatic rings. The second kappa shape index (κ2) is 5.09. The van der Waals surface area contributed by atoms with Gasteiger partial charge in [0, 0.05) is 21.0 Å². The molecule has 0 saturated heterocycles. The molecule has 0 aliphatic rings. The second-order valence-electron chi connectivity index (χ2n) is 4.45. The van der Waals surface area contributed by atoms with Gasteiger partial charge in [0.2, 0.25) is 0 Å². The molecule has 1 aromatic heterocycles. The first-order chi connectivity index (χ1) is 9.56. The maximum absolute atomic E-state index is 13.8. The molecule has 20 heavy (non-hydrogen) atoms. The number of fused-ring (bicyclic) bond motifs is 1. The van der Waals surface area contributed by atoms with Crippen molar-refractivity contribution in [3.05, 3.63) is 58.0 Å². The van der Waals surface area contributed by atoms with E-state index in [1.54, 1.807) is 24.3 Å². The molecular weight excluding hydrogens is 300 g/mol. The van der Waals surface area contributed by atoms with Crippen molar-refractivity contribution < 1.29 is 8.81 Å². The molecule has 102 valence electrons. The van der Waals surface area contributed by atoms with E-state index in [4.69, 9.17) is 33.4 Å². The normalized spacial score (nSPS) is 11.2. The fourth-order valence-corrected chi connectivity index (χ4v) is 2.72. The van der Waals surface area contributed by atoms with Crippen molar-refractivity contribution in [2.24, 2.45) is 5.73 Å². The van der Waals surface area contributed by atoms with Crippen molar-refractivity contribution in [2.45, 2.75) is 6.54 Å². The molecule has 0 fully saturated rings. The summed E-state index contributed by atoms with van der Waals surface area (Å²) >= 11 is 12.0. The third kappa shape index (κ3) is 2.40. The molecule has 2 aromatic carbocycles. The number of hydrogen-bond donors (Lipinski definition) is 1. The van der Waals surface area contributed by atoms with Crippen LogP contribution in [-0.2, 0) is 6.54 Å². The van der Waals surface area contributed by atoms with E-state index in [1.807, 2.05) is 0 Å². The largest absolute Gasteiger partial charge is 0.459 e. The average Bonchev–Trinajstić information content (AvgIpc) is 2.79. The Hall–Kier alpha value is -1.55. The van der Waals surface area contributed by atoms with E-state index >= 15 is 0 Å². The first kappa shape index (κ1) is 13.4. The van der Waals surface area contributed by atoms with E-state index in [9.17, 15) is 4.39 Å². The zero-order valence-electron chi connectivity index (χ0n) is 10.3. The first-order valence-electron chi connectivity index (χ1n) is 5.95. The highest BCUT2D eigenvalue weighted by Gasteiger charge is 2.13. The summed E-state index contributed by atoms with van der Waals surface area (Å²) in [5, 5.41) is 1.63. The summed E-state index contributed by atoms with van der Waals surface area (Å²) in [6.07, 6.45) is 0. The van der Waals surface area contributed by atoms with Crippen molar-refractivity contribution >= 4 is 34.2 Å². The predicted molar refractivity (Wildman–Crippen MR) is 79.5 cm³/mol. The molecule has 2 N–H and O–H groups in total. The maximum Gasteiger partial charge on any atom is 0.142 e. The van der Waals surface area contributed by atoms with E-state index in [1.165, 1.54) is 12.1 Å². The van der Waals surface area contributed by atoms with Crippen LogP contribution in [0.3, 0.4) is 0 Å². The molecule has 0 aliphatic heterocycles. The van der Waals surface area contributed by atoms with Crippen LogP contribution in [0.15, 0.2) is 40.8 Å². The van der Waals surface area contributed by atoms with Crippen LogP contribution >= 0.6 is 23.2 Å². The van der Waals surface area contributed by atoms with Crippen molar-refractivity contribution in [3.63, 3.8) is 0 Å². The van der Waals surface area contributed by atoms with Crippen LogP contribution < -0.4 is 5.73 Å². The van der Waals surface area contributed by atoms with Gasteiger partial charge in [-0.1, -0.05) is 23.2 Å². The number of hydrogen-bond acceptors (Lipinski definition) is 2. The number of halogens is 3. The quantitative estimate of drug-likeness (QED) is 0.723. The van der Waals surface area contributed by atoms with E-state index in [-0.39, 0.29) is 12.4 Å². The molecule has 0 spiro atoms. The molecule has 3 rings (SSSR count). The lowest BCUT2D eigenvalue weighted by Gasteiger charge is -2.05. The summed E-state index contributed by atoms with van der Waals surface area (Å²) in [4.78, 5) is 0. The molecule has 0 unspecified atom stereocenters. The summed E-state index contributed by atoms with van der Waals surface area (Å²) in [5.74, 6) is 0.243. The van der Waals surface area contributed by atoms with Crippen molar-refractivity contribution in [3.8, 4) is 11.1 Å². The minimum atomic E-state index is -0.354. The van der Waals surface area contributed by atoms with Gasteiger partial charge in [0.05, 0.1) is 6.54 Å². The molecule has 0 amide bonds. The van der Waals surface area contributed by atoms with Gasteiger partial charge in [-0.25, -0.2) is 4.39 Å². The molecule has 0 radical (unpaired) electrons. The fraction of sp³-hybridized carbons (Fsp3) is 0.0667. The Balaban J connectivity index is 2.31. The van der Waals surface area contributed by atoms with Gasteiger partial charge >= 0.3 is 0 Å². The third-order valence-corrected chi connectivity index (χ3v) is 3.44. The van der Waals surface area contributed by atoms with E-state index in [0.717, 1.165) is 0 Å². The van der Waals surface area contributed by atoms with Gasteiger partial charge in [-0.15, -0.1) is 0 Å². The highest BCUT2D eigenvalue weighted by Crippen LogP contribution is 2.34. The van der Waals surface area contributed by atoms with Crippen LogP contribution in [-0.4, -0.2) is 0 Å². The Bertz CT molecular complexity index is 778. The summed E-state index contributed by atoms with van der Waals surface area (Å²) in [5.41, 5.74) is 7.43. The Labute approximate surface area is 124 Å². The second-order valence-corrected chi connectivity index (χ2v) is 5.32. The van der Waals surface area contributed by atoms with Gasteiger partial charge in [-0.2, -0.15) is 0 Å². The van der Waals surface area contributed by atoms with Crippen molar-refractivity contribution in [1.82, 2.24) is 0 Å². The van der Waals surface area contributed by atoms with Crippen LogP contribution in [0.4, 0.5) is 4.39 Å². The first-order valence-corrected chi connectivity index (χ1v) is 6.71. The lowest BCUT2D eigenvalue weighted by atomic mass is 10.0. The molecule has 0 atom stereocenters. The third-order valence-electron chi connectivity index (χ3n) is 3.01. The minimum Gasteiger partial charge on any atom is -0.459 e. The summed E-state index contributed by atoms with van der Waals surface area (Å²) < 4.78 is 19.4. The van der Waals surface area contributed by atoms with Gasteiger partial charge in [-0.05, 0) is 42.0 Å². The minimum absolute atomic E-state index is 0.256. The van der Waals surface area contributed by atoms with Gasteiger partial charge in [0.1, 0.15) is 17.2 Å². The molecule has 1 heterocycles. The van der Waals surface area contributed by atoms with Gasteiger partial charge < -0.3 is 10.2 Å². The zero-order chi connectivity index (χ0) is 14.3. The highest BCUT2D eigenvalue weighted by atomic mass is 35.5. The molecular formula is C15H10Cl2FNO. The van der Waals surface area contributed by atoms with Crippen LogP contribution in [0, 0.1) is 5.82 Å². The molecule has 0 saturated carbocycles. The average molecular weight is 310 g/mol. The summed E-state index contributed by atoms with van der Waals surface area (Å²) in [6, 6.07) is 9.59. The number of nitrogens with two attached hydrogens (primary N) is 1. The maximum atomic E-state index is 13.8. The number of benzene rings is 2. The lowest BCUT2D eigenvalue weighted by molar-refractivity contribution is 0.552. The molecule has 5 heteroatoms. The Morgan fingerprint density at radius 1 is 1.00 bits per heavy atom. The van der Waals surface area contributed by atoms with E-state index in [2.05, 4.69) is 0 Å². The smallest absolute Gasteiger partial charge is 0.142 e. The van der Waals surface area contributed by atoms with E-state index in [0.29, 0.717) is 37.9 Å². The number of rotatable bonds is 2. The van der Waals surface area contributed by atoms with Gasteiger partial charge in [-0.3, -0.25) is 0 Å². The Morgan fingerprint density at radius 3 is 2.35 bits per heavy atom. The lowest BCUT2D eigenvalue weighted by Crippen LogP contribution is -1.92. The summed E-state index contributed by atoms with van der Waals surface area (Å²) in [7, 11) is 0. The topological polar surface area (TPSA) is 39.2 Å². The monoisotopic (exact) mass is 309 g/mol. The fourth-order valence-electron chi connectivity index (χ4n) is 2.19. The van der Waals surface area contributed by atoms with Gasteiger partial charge in [0.25, 0.3) is 0 Å². The molecule has 0 aliphatic carbocycles. The summed E-state index contributed by atoms with van der Waals surface area (Å²) in [6.45, 7) is 0.256. The standard InChI is InChI=1S/C15H10Cl2FNO/c16-10-1-8(2-11(17)5-10)14-6-12(18)3-9-4-13(7-19)20-15(9)14/h1-6H,7,19H2. The van der Waals surface area contributed by atoms with Crippen molar-refractivity contribution in [1.29, 1.82) is 0 Å². The number of furan rings is 1. The van der Waals surface area contributed by atoms with Gasteiger partial charge in [0.15, 0.2) is 0 Å². The predicted octanol–water partition coefficient (Wildman–Crippen LogP) is 5.00. The van der Waals surface area contributed by atoms with Crippen LogP contribution in [0.25, 0.3) is 22.1 Å². The Kier molecular flexibility index (Phi) is 3.42. The Morgan fingerprint density at radius 2 is 1.70 bits per heavy atom.